The van der Waals surface area contributed by atoms with E-state index in [0.29, 0.717) is 6.54 Å². The SMILES string of the molecule is CNCC(C)C(=O)N[C@H](CCC(N)=O)C(=O)O. The Labute approximate surface area is 99.7 Å². The van der Waals surface area contributed by atoms with Gasteiger partial charge in [-0.15, -0.1) is 0 Å². The summed E-state index contributed by atoms with van der Waals surface area (Å²) in [6, 6.07) is -1.07. The van der Waals surface area contributed by atoms with E-state index in [2.05, 4.69) is 10.6 Å². The first-order chi connectivity index (χ1) is 7.88. The lowest BCUT2D eigenvalue weighted by Crippen LogP contribution is -2.45. The molecular formula is C10H19N3O4. The van der Waals surface area contributed by atoms with E-state index in [9.17, 15) is 14.4 Å². The molecule has 0 aliphatic heterocycles. The Kier molecular flexibility index (Phi) is 6.88. The molecule has 0 aromatic rings. The number of carboxylic acids is 1. The van der Waals surface area contributed by atoms with Crippen LogP contribution in [0.25, 0.3) is 0 Å². The maximum Gasteiger partial charge on any atom is 0.326 e. The van der Waals surface area contributed by atoms with E-state index in [1.165, 1.54) is 0 Å². The molecule has 0 rings (SSSR count). The Morgan fingerprint density at radius 1 is 1.35 bits per heavy atom. The fourth-order valence-electron chi connectivity index (χ4n) is 1.26. The van der Waals surface area contributed by atoms with Gasteiger partial charge in [-0.25, -0.2) is 4.79 Å². The molecular weight excluding hydrogens is 226 g/mol. The number of carbonyl (C=O) groups is 3. The number of nitrogens with one attached hydrogen (secondary N) is 2. The molecule has 1 unspecified atom stereocenters. The van der Waals surface area contributed by atoms with Crippen molar-refractivity contribution in [2.45, 2.75) is 25.8 Å². The van der Waals surface area contributed by atoms with Crippen LogP contribution in [0.15, 0.2) is 0 Å². The van der Waals surface area contributed by atoms with Gasteiger partial charge in [0.15, 0.2) is 0 Å². The van der Waals surface area contributed by atoms with Crippen LogP contribution in [0, 0.1) is 5.92 Å². The highest BCUT2D eigenvalue weighted by Crippen LogP contribution is 2.00. The van der Waals surface area contributed by atoms with Crippen LogP contribution >= 0.6 is 0 Å². The monoisotopic (exact) mass is 245 g/mol. The van der Waals surface area contributed by atoms with Crippen molar-refractivity contribution in [2.24, 2.45) is 11.7 Å². The second kappa shape index (κ2) is 7.61. The van der Waals surface area contributed by atoms with Crippen molar-refractivity contribution in [3.05, 3.63) is 0 Å². The molecule has 2 atom stereocenters. The summed E-state index contributed by atoms with van der Waals surface area (Å²) in [5.74, 6) is -2.46. The van der Waals surface area contributed by atoms with Gasteiger partial charge in [-0.3, -0.25) is 9.59 Å². The van der Waals surface area contributed by atoms with Crippen molar-refractivity contribution < 1.29 is 19.5 Å². The van der Waals surface area contributed by atoms with Crippen molar-refractivity contribution >= 4 is 17.8 Å². The third-order valence-corrected chi connectivity index (χ3v) is 2.25. The van der Waals surface area contributed by atoms with E-state index in [-0.39, 0.29) is 24.7 Å². The summed E-state index contributed by atoms with van der Waals surface area (Å²) >= 11 is 0. The van der Waals surface area contributed by atoms with Crippen LogP contribution < -0.4 is 16.4 Å². The van der Waals surface area contributed by atoms with E-state index in [1.54, 1.807) is 14.0 Å². The molecule has 5 N–H and O–H groups in total. The second-order valence-corrected chi connectivity index (χ2v) is 3.86. The lowest BCUT2D eigenvalue weighted by atomic mass is 10.1. The molecule has 0 aliphatic rings. The van der Waals surface area contributed by atoms with E-state index >= 15 is 0 Å². The van der Waals surface area contributed by atoms with Crippen LogP contribution in [0.2, 0.25) is 0 Å². The molecule has 0 aromatic carbocycles. The van der Waals surface area contributed by atoms with Gasteiger partial charge in [0.1, 0.15) is 6.04 Å². The van der Waals surface area contributed by atoms with Gasteiger partial charge in [0.05, 0.1) is 0 Å². The third-order valence-electron chi connectivity index (χ3n) is 2.25. The summed E-state index contributed by atoms with van der Waals surface area (Å²) in [7, 11) is 1.70. The number of hydrogen-bond acceptors (Lipinski definition) is 4. The first kappa shape index (κ1) is 15.4. The number of nitrogens with two attached hydrogens (primary N) is 1. The van der Waals surface area contributed by atoms with E-state index in [0.717, 1.165) is 0 Å². The van der Waals surface area contributed by atoms with Crippen molar-refractivity contribution in [3.8, 4) is 0 Å². The zero-order valence-electron chi connectivity index (χ0n) is 10.0. The molecule has 0 aromatic heterocycles. The molecule has 7 heteroatoms. The summed E-state index contributed by atoms with van der Waals surface area (Å²) in [6.45, 7) is 2.13. The Balaban J connectivity index is 4.29. The molecule has 2 amide bonds. The molecule has 0 radical (unpaired) electrons. The van der Waals surface area contributed by atoms with Crippen molar-refractivity contribution in [2.75, 3.05) is 13.6 Å². The molecule has 0 saturated heterocycles. The number of rotatable bonds is 8. The summed E-state index contributed by atoms with van der Waals surface area (Å²) < 4.78 is 0. The van der Waals surface area contributed by atoms with E-state index in [1.807, 2.05) is 0 Å². The highest BCUT2D eigenvalue weighted by molar-refractivity contribution is 5.85. The van der Waals surface area contributed by atoms with Crippen molar-refractivity contribution in [1.82, 2.24) is 10.6 Å². The van der Waals surface area contributed by atoms with Gasteiger partial charge in [0.25, 0.3) is 0 Å². The van der Waals surface area contributed by atoms with Gasteiger partial charge in [0, 0.05) is 18.9 Å². The molecule has 0 heterocycles. The lowest BCUT2D eigenvalue weighted by molar-refractivity contribution is -0.142. The Hall–Kier alpha value is -1.63. The van der Waals surface area contributed by atoms with Crippen LogP contribution in [-0.4, -0.2) is 42.5 Å². The fraction of sp³-hybridized carbons (Fsp3) is 0.700. The Morgan fingerprint density at radius 2 is 1.94 bits per heavy atom. The number of hydrogen-bond donors (Lipinski definition) is 4. The van der Waals surface area contributed by atoms with Gasteiger partial charge >= 0.3 is 5.97 Å². The summed E-state index contributed by atoms with van der Waals surface area (Å²) in [6.07, 6.45) is -0.0691. The average Bonchev–Trinajstić information content (AvgIpc) is 2.23. The fourth-order valence-corrected chi connectivity index (χ4v) is 1.26. The predicted molar refractivity (Wildman–Crippen MR) is 61.1 cm³/mol. The zero-order chi connectivity index (χ0) is 13.4. The molecule has 17 heavy (non-hydrogen) atoms. The molecule has 7 nitrogen and oxygen atoms in total. The molecule has 0 aliphatic carbocycles. The number of amides is 2. The quantitative estimate of drug-likeness (QED) is 0.422. The minimum Gasteiger partial charge on any atom is -0.480 e. The molecule has 0 fully saturated rings. The molecule has 0 spiro atoms. The normalized spacial score (nSPS) is 13.8. The molecule has 98 valence electrons. The van der Waals surface area contributed by atoms with Crippen LogP contribution in [0.4, 0.5) is 0 Å². The zero-order valence-corrected chi connectivity index (χ0v) is 10.0. The van der Waals surface area contributed by atoms with E-state index < -0.39 is 17.9 Å². The topological polar surface area (TPSA) is 122 Å². The maximum absolute atomic E-state index is 11.6. The number of primary amides is 1. The first-order valence-electron chi connectivity index (χ1n) is 5.34. The van der Waals surface area contributed by atoms with Crippen molar-refractivity contribution in [1.29, 1.82) is 0 Å². The number of aliphatic carboxylic acids is 1. The summed E-state index contributed by atoms with van der Waals surface area (Å²) in [4.78, 5) is 33.0. The van der Waals surface area contributed by atoms with Gasteiger partial charge in [-0.1, -0.05) is 6.92 Å². The smallest absolute Gasteiger partial charge is 0.326 e. The van der Waals surface area contributed by atoms with Gasteiger partial charge in [-0.05, 0) is 13.5 Å². The van der Waals surface area contributed by atoms with Crippen LogP contribution in [-0.2, 0) is 14.4 Å². The minimum absolute atomic E-state index is 0.00266. The highest BCUT2D eigenvalue weighted by Gasteiger charge is 2.22. The lowest BCUT2D eigenvalue weighted by Gasteiger charge is -2.17. The Bertz CT molecular complexity index is 293. The Morgan fingerprint density at radius 3 is 2.35 bits per heavy atom. The largest absolute Gasteiger partial charge is 0.480 e. The molecule has 0 saturated carbocycles. The van der Waals surface area contributed by atoms with Crippen LogP contribution in [0.3, 0.4) is 0 Å². The van der Waals surface area contributed by atoms with Crippen LogP contribution in [0.1, 0.15) is 19.8 Å². The van der Waals surface area contributed by atoms with E-state index in [4.69, 9.17) is 10.8 Å². The van der Waals surface area contributed by atoms with Crippen LogP contribution in [0.5, 0.6) is 0 Å². The molecule has 0 bridgehead atoms. The highest BCUT2D eigenvalue weighted by atomic mass is 16.4. The maximum atomic E-state index is 11.6. The third kappa shape index (κ3) is 6.52. The average molecular weight is 245 g/mol. The summed E-state index contributed by atoms with van der Waals surface area (Å²) in [5, 5.41) is 14.1. The first-order valence-corrected chi connectivity index (χ1v) is 5.34. The summed E-state index contributed by atoms with van der Waals surface area (Å²) in [5.41, 5.74) is 4.92. The number of carbonyl (C=O) groups excluding carboxylic acids is 2. The minimum atomic E-state index is -1.17. The standard InChI is InChI=1S/C10H19N3O4/c1-6(5-12-2)9(15)13-7(10(16)17)3-4-8(11)14/h6-7,12H,3-5H2,1-2H3,(H2,11,14)(H,13,15)(H,16,17)/t6?,7-/m1/s1. The van der Waals surface area contributed by atoms with Gasteiger partial charge in [-0.2, -0.15) is 0 Å². The predicted octanol–water partition coefficient (Wildman–Crippen LogP) is -1.32. The van der Waals surface area contributed by atoms with Crippen molar-refractivity contribution in [3.63, 3.8) is 0 Å². The van der Waals surface area contributed by atoms with Gasteiger partial charge < -0.3 is 21.5 Å². The van der Waals surface area contributed by atoms with Gasteiger partial charge in [0.2, 0.25) is 11.8 Å². The number of carboxylic acid groups (broad SMARTS) is 1. The second-order valence-electron chi connectivity index (χ2n) is 3.86.